The van der Waals surface area contributed by atoms with Crippen molar-refractivity contribution in [3.8, 4) is 0 Å². The van der Waals surface area contributed by atoms with Crippen LogP contribution in [0.3, 0.4) is 0 Å². The van der Waals surface area contributed by atoms with Gasteiger partial charge in [-0.05, 0) is 12.1 Å². The topological polar surface area (TPSA) is 97.1 Å². The second-order valence-electron chi connectivity index (χ2n) is 3.85. The van der Waals surface area contributed by atoms with Crippen LogP contribution in [0.15, 0.2) is 36.7 Å². The number of carbonyl (C=O) groups is 2. The maximum atomic E-state index is 11.6. The number of nitrogens with zero attached hydrogens (tertiary/aromatic N) is 3. The molecule has 0 saturated carbocycles. The minimum absolute atomic E-state index is 0.255. The lowest BCUT2D eigenvalue weighted by atomic mass is 10.3. The third-order valence-electron chi connectivity index (χ3n) is 2.10. The van der Waals surface area contributed by atoms with Gasteiger partial charge in [-0.3, -0.25) is 14.5 Å². The number of carboxylic acid groups (broad SMARTS) is 1. The first-order chi connectivity index (χ1) is 10.2. The molecule has 2 aromatic heterocycles. The van der Waals surface area contributed by atoms with Gasteiger partial charge in [-0.15, -0.1) is 0 Å². The zero-order valence-corrected chi connectivity index (χ0v) is 11.2. The maximum absolute atomic E-state index is 11.6. The van der Waals surface area contributed by atoms with Gasteiger partial charge in [0.05, 0.1) is 0 Å². The van der Waals surface area contributed by atoms with Gasteiger partial charge < -0.3 is 10.4 Å². The van der Waals surface area contributed by atoms with E-state index in [1.54, 1.807) is 48.4 Å². The number of rotatable bonds is 2. The van der Waals surface area contributed by atoms with Crippen LogP contribution in [0, 0.1) is 0 Å². The van der Waals surface area contributed by atoms with Crippen molar-refractivity contribution in [2.45, 2.75) is 6.18 Å². The molecule has 0 saturated heterocycles. The number of nitrogens with one attached hydrogen (secondary N) is 1. The minimum atomic E-state index is -5.08. The van der Waals surface area contributed by atoms with Crippen molar-refractivity contribution in [2.75, 3.05) is 5.32 Å². The molecular weight excluding hydrogens is 305 g/mol. The normalized spacial score (nSPS) is 10.4. The van der Waals surface area contributed by atoms with E-state index in [0.29, 0.717) is 11.5 Å². The second-order valence-corrected chi connectivity index (χ2v) is 3.85. The minimum Gasteiger partial charge on any atom is -0.475 e. The molecule has 0 bridgehead atoms. The maximum Gasteiger partial charge on any atom is 0.490 e. The van der Waals surface area contributed by atoms with Crippen LogP contribution in [0.25, 0.3) is 0 Å². The smallest absolute Gasteiger partial charge is 0.475 e. The van der Waals surface area contributed by atoms with E-state index in [1.165, 1.54) is 0 Å². The number of hydrogen-bond acceptors (Lipinski definition) is 4. The van der Waals surface area contributed by atoms with Gasteiger partial charge in [0.1, 0.15) is 5.69 Å². The molecule has 1 amide bonds. The summed E-state index contributed by atoms with van der Waals surface area (Å²) in [4.78, 5) is 24.4. The molecule has 0 fully saturated rings. The van der Waals surface area contributed by atoms with Crippen LogP contribution in [-0.2, 0) is 11.8 Å². The molecule has 2 aromatic rings. The van der Waals surface area contributed by atoms with Crippen molar-refractivity contribution in [2.24, 2.45) is 7.05 Å². The van der Waals surface area contributed by atoms with Gasteiger partial charge in [-0.2, -0.15) is 18.3 Å². The lowest BCUT2D eigenvalue weighted by Gasteiger charge is -1.99. The monoisotopic (exact) mass is 316 g/mol. The average Bonchev–Trinajstić information content (AvgIpc) is 2.84. The molecule has 0 unspecified atom stereocenters. The van der Waals surface area contributed by atoms with Gasteiger partial charge in [0.25, 0.3) is 5.91 Å². The number of hydrogen-bond donors (Lipinski definition) is 2. The summed E-state index contributed by atoms with van der Waals surface area (Å²) in [7, 11) is 1.79. The van der Waals surface area contributed by atoms with Crippen LogP contribution in [0.1, 0.15) is 10.5 Å². The summed E-state index contributed by atoms with van der Waals surface area (Å²) < 4.78 is 33.4. The fourth-order valence-electron chi connectivity index (χ4n) is 1.16. The lowest BCUT2D eigenvalue weighted by molar-refractivity contribution is -0.192. The van der Waals surface area contributed by atoms with Gasteiger partial charge in [0.15, 0.2) is 5.82 Å². The number of amides is 1. The Bertz CT molecular complexity index is 641. The largest absolute Gasteiger partial charge is 0.490 e. The third-order valence-corrected chi connectivity index (χ3v) is 2.10. The highest BCUT2D eigenvalue weighted by molar-refractivity contribution is 6.02. The number of pyridine rings is 1. The second kappa shape index (κ2) is 7.20. The van der Waals surface area contributed by atoms with E-state index < -0.39 is 12.1 Å². The van der Waals surface area contributed by atoms with E-state index in [0.717, 1.165) is 0 Å². The van der Waals surface area contributed by atoms with Crippen LogP contribution in [0.4, 0.5) is 19.0 Å². The van der Waals surface area contributed by atoms with E-state index >= 15 is 0 Å². The molecule has 2 heterocycles. The van der Waals surface area contributed by atoms with Gasteiger partial charge in [0.2, 0.25) is 0 Å². The molecule has 0 spiro atoms. The van der Waals surface area contributed by atoms with Crippen LogP contribution >= 0.6 is 0 Å². The number of halogens is 3. The van der Waals surface area contributed by atoms with E-state index in [-0.39, 0.29) is 5.91 Å². The fourth-order valence-corrected chi connectivity index (χ4v) is 1.16. The average molecular weight is 316 g/mol. The summed E-state index contributed by atoms with van der Waals surface area (Å²) in [5, 5.41) is 13.8. The molecule has 118 valence electrons. The Morgan fingerprint density at radius 1 is 1.27 bits per heavy atom. The molecule has 0 aliphatic heterocycles. The van der Waals surface area contributed by atoms with Crippen molar-refractivity contribution in [3.63, 3.8) is 0 Å². The van der Waals surface area contributed by atoms with Gasteiger partial charge in [0, 0.05) is 25.5 Å². The Hall–Kier alpha value is -2.91. The lowest BCUT2D eigenvalue weighted by Crippen LogP contribution is -2.21. The first-order valence-electron chi connectivity index (χ1n) is 5.72. The molecule has 0 aliphatic carbocycles. The van der Waals surface area contributed by atoms with E-state index in [4.69, 9.17) is 9.90 Å². The zero-order chi connectivity index (χ0) is 16.8. The highest BCUT2D eigenvalue weighted by Gasteiger charge is 2.38. The molecule has 0 aromatic carbocycles. The quantitative estimate of drug-likeness (QED) is 0.879. The molecule has 10 heteroatoms. The van der Waals surface area contributed by atoms with Crippen LogP contribution < -0.4 is 5.32 Å². The number of aromatic nitrogens is 3. The first-order valence-corrected chi connectivity index (χ1v) is 5.72. The van der Waals surface area contributed by atoms with E-state index in [1.807, 2.05) is 0 Å². The number of aliphatic carboxylic acids is 1. The number of alkyl halides is 3. The van der Waals surface area contributed by atoms with Gasteiger partial charge >= 0.3 is 12.1 Å². The summed E-state index contributed by atoms with van der Waals surface area (Å²) in [5.74, 6) is -2.49. The predicted molar refractivity (Wildman–Crippen MR) is 69.1 cm³/mol. The SMILES string of the molecule is Cn1ccc(NC(=O)c2ccccn2)n1.O=C(O)C(F)(F)F. The number of anilines is 1. The zero-order valence-electron chi connectivity index (χ0n) is 11.2. The summed E-state index contributed by atoms with van der Waals surface area (Å²) in [6, 6.07) is 6.90. The Morgan fingerprint density at radius 3 is 2.32 bits per heavy atom. The first kappa shape index (κ1) is 17.1. The van der Waals surface area contributed by atoms with Gasteiger partial charge in [-0.1, -0.05) is 6.07 Å². The molecule has 22 heavy (non-hydrogen) atoms. The van der Waals surface area contributed by atoms with Crippen molar-refractivity contribution < 1.29 is 27.9 Å². The summed E-state index contributed by atoms with van der Waals surface area (Å²) >= 11 is 0. The molecule has 0 atom stereocenters. The summed E-state index contributed by atoms with van der Waals surface area (Å²) in [5.41, 5.74) is 0.378. The summed E-state index contributed by atoms with van der Waals surface area (Å²) in [6.07, 6.45) is -1.75. The Kier molecular flexibility index (Phi) is 5.61. The molecule has 2 rings (SSSR count). The Labute approximate surface area is 122 Å². The number of carbonyl (C=O) groups excluding carboxylic acids is 1. The van der Waals surface area contributed by atoms with Gasteiger partial charge in [-0.25, -0.2) is 4.79 Å². The van der Waals surface area contributed by atoms with Crippen molar-refractivity contribution in [3.05, 3.63) is 42.4 Å². The number of carboxylic acids is 1. The molecule has 0 radical (unpaired) electrons. The third kappa shape index (κ3) is 5.61. The Balaban J connectivity index is 0.000000295. The summed E-state index contributed by atoms with van der Waals surface area (Å²) in [6.45, 7) is 0. The standard InChI is InChI=1S/C10H10N4O.C2HF3O2/c1-14-7-5-9(13-14)12-10(15)8-4-2-3-6-11-8;3-2(4,5)1(6)7/h2-7H,1H3,(H,12,13,15);(H,6,7). The highest BCUT2D eigenvalue weighted by atomic mass is 19.4. The Morgan fingerprint density at radius 2 is 1.91 bits per heavy atom. The van der Waals surface area contributed by atoms with Crippen LogP contribution in [0.2, 0.25) is 0 Å². The predicted octanol–water partition coefficient (Wildman–Crippen LogP) is 1.70. The molecule has 7 nitrogen and oxygen atoms in total. The van der Waals surface area contributed by atoms with E-state index in [2.05, 4.69) is 15.4 Å². The highest BCUT2D eigenvalue weighted by Crippen LogP contribution is 2.13. The van der Waals surface area contributed by atoms with Crippen LogP contribution in [-0.4, -0.2) is 37.9 Å². The van der Waals surface area contributed by atoms with Crippen molar-refractivity contribution in [1.82, 2.24) is 14.8 Å². The van der Waals surface area contributed by atoms with Crippen LogP contribution in [0.5, 0.6) is 0 Å². The number of aryl methyl sites for hydroxylation is 1. The fraction of sp³-hybridized carbons (Fsp3) is 0.167. The molecular formula is C12H11F3N4O3. The molecule has 0 aliphatic rings. The molecule has 2 N–H and O–H groups in total. The van der Waals surface area contributed by atoms with E-state index in [9.17, 15) is 18.0 Å². The van der Waals surface area contributed by atoms with Crippen molar-refractivity contribution >= 4 is 17.7 Å². The van der Waals surface area contributed by atoms with Crippen molar-refractivity contribution in [1.29, 1.82) is 0 Å².